The lowest BCUT2D eigenvalue weighted by Crippen LogP contribution is -2.09. The average Bonchev–Trinajstić information content (AvgIpc) is 2.88. The molecule has 0 saturated carbocycles. The van der Waals surface area contributed by atoms with E-state index in [-0.39, 0.29) is 6.04 Å². The van der Waals surface area contributed by atoms with Crippen LogP contribution >= 0.6 is 11.3 Å². The van der Waals surface area contributed by atoms with Crippen LogP contribution in [0.15, 0.2) is 42.0 Å². The molecule has 19 heavy (non-hydrogen) atoms. The number of nitrogens with zero attached hydrogens (tertiary/aromatic N) is 2. The largest absolute Gasteiger partial charge is 0.363 e. The Kier molecular flexibility index (Phi) is 3.17. The number of aromatic nitrogens is 2. The van der Waals surface area contributed by atoms with Crippen molar-refractivity contribution in [2.24, 2.45) is 0 Å². The second kappa shape index (κ2) is 4.97. The minimum atomic E-state index is 0.221. The summed E-state index contributed by atoms with van der Waals surface area (Å²) in [6, 6.07) is 10.7. The molecule has 96 valence electrons. The van der Waals surface area contributed by atoms with Crippen LogP contribution in [0.2, 0.25) is 0 Å². The molecule has 0 spiro atoms. The Morgan fingerprint density at radius 1 is 1.16 bits per heavy atom. The zero-order valence-corrected chi connectivity index (χ0v) is 11.7. The van der Waals surface area contributed by atoms with Gasteiger partial charge in [-0.05, 0) is 36.4 Å². The van der Waals surface area contributed by atoms with Crippen molar-refractivity contribution < 1.29 is 0 Å². The number of benzene rings is 1. The van der Waals surface area contributed by atoms with Gasteiger partial charge >= 0.3 is 0 Å². The first-order chi connectivity index (χ1) is 9.25. The Morgan fingerprint density at radius 2 is 2.00 bits per heavy atom. The average molecular weight is 269 g/mol. The van der Waals surface area contributed by atoms with Crippen molar-refractivity contribution in [1.29, 1.82) is 0 Å². The van der Waals surface area contributed by atoms with Gasteiger partial charge in [-0.1, -0.05) is 24.3 Å². The van der Waals surface area contributed by atoms with E-state index in [2.05, 4.69) is 59.5 Å². The van der Waals surface area contributed by atoms with E-state index in [1.165, 1.54) is 11.1 Å². The molecular weight excluding hydrogens is 254 g/mol. The molecule has 0 bridgehead atoms. The summed E-state index contributed by atoms with van der Waals surface area (Å²) in [7, 11) is 0. The lowest BCUT2D eigenvalue weighted by Gasteiger charge is -2.17. The maximum absolute atomic E-state index is 4.36. The van der Waals surface area contributed by atoms with Gasteiger partial charge in [-0.3, -0.25) is 0 Å². The van der Waals surface area contributed by atoms with Gasteiger partial charge in [0.2, 0.25) is 0 Å². The highest BCUT2D eigenvalue weighted by Crippen LogP contribution is 2.27. The van der Waals surface area contributed by atoms with Gasteiger partial charge < -0.3 is 5.32 Å². The van der Waals surface area contributed by atoms with Gasteiger partial charge in [-0.25, -0.2) is 9.97 Å². The molecule has 0 aliphatic carbocycles. The molecule has 3 nitrogen and oxygen atoms in total. The zero-order valence-electron chi connectivity index (χ0n) is 10.9. The third-order valence-electron chi connectivity index (χ3n) is 3.27. The maximum atomic E-state index is 4.36. The zero-order chi connectivity index (χ0) is 13.2. The first-order valence-electron chi connectivity index (χ1n) is 6.26. The van der Waals surface area contributed by atoms with E-state index >= 15 is 0 Å². The minimum Gasteiger partial charge on any atom is -0.363 e. The van der Waals surface area contributed by atoms with Crippen molar-refractivity contribution in [3.63, 3.8) is 0 Å². The van der Waals surface area contributed by atoms with Crippen LogP contribution in [0.1, 0.15) is 24.1 Å². The molecule has 2 aromatic heterocycles. The Labute approximate surface area is 116 Å². The molecule has 1 unspecified atom stereocenters. The van der Waals surface area contributed by atoms with Crippen LogP contribution in [0.5, 0.6) is 0 Å². The SMILES string of the molecule is Cc1ccccc1C(C)Nc1ncnc2sccc12. The Hall–Kier alpha value is -1.94. The van der Waals surface area contributed by atoms with Gasteiger partial charge in [0.15, 0.2) is 0 Å². The molecule has 2 heterocycles. The molecule has 1 atom stereocenters. The molecule has 0 saturated heterocycles. The molecular formula is C15H15N3S. The van der Waals surface area contributed by atoms with Crippen LogP contribution in [0.3, 0.4) is 0 Å². The second-order valence-corrected chi connectivity index (χ2v) is 5.48. The molecule has 0 radical (unpaired) electrons. The number of nitrogens with one attached hydrogen (secondary N) is 1. The fourth-order valence-corrected chi connectivity index (χ4v) is 2.99. The lowest BCUT2D eigenvalue weighted by atomic mass is 10.0. The highest BCUT2D eigenvalue weighted by molar-refractivity contribution is 7.16. The van der Waals surface area contributed by atoms with E-state index in [9.17, 15) is 0 Å². The van der Waals surface area contributed by atoms with E-state index in [4.69, 9.17) is 0 Å². The monoisotopic (exact) mass is 269 g/mol. The highest BCUT2D eigenvalue weighted by atomic mass is 32.1. The van der Waals surface area contributed by atoms with E-state index in [0.717, 1.165) is 16.0 Å². The Morgan fingerprint density at radius 3 is 2.84 bits per heavy atom. The first-order valence-corrected chi connectivity index (χ1v) is 7.14. The molecule has 0 aliphatic rings. The normalized spacial score (nSPS) is 12.5. The predicted octanol–water partition coefficient (Wildman–Crippen LogP) is 4.17. The highest BCUT2D eigenvalue weighted by Gasteiger charge is 2.11. The Bertz CT molecular complexity index is 705. The molecule has 0 fully saturated rings. The van der Waals surface area contributed by atoms with Crippen LogP contribution in [-0.4, -0.2) is 9.97 Å². The molecule has 0 amide bonds. The molecule has 1 aromatic carbocycles. The lowest BCUT2D eigenvalue weighted by molar-refractivity contribution is 0.866. The van der Waals surface area contributed by atoms with E-state index in [1.807, 2.05) is 5.38 Å². The van der Waals surface area contributed by atoms with Crippen molar-refractivity contribution in [3.8, 4) is 0 Å². The minimum absolute atomic E-state index is 0.221. The number of rotatable bonds is 3. The Balaban J connectivity index is 1.93. The summed E-state index contributed by atoms with van der Waals surface area (Å²) in [4.78, 5) is 9.65. The van der Waals surface area contributed by atoms with Gasteiger partial charge in [0.25, 0.3) is 0 Å². The fourth-order valence-electron chi connectivity index (χ4n) is 2.26. The van der Waals surface area contributed by atoms with Crippen molar-refractivity contribution in [3.05, 3.63) is 53.2 Å². The standard InChI is InChI=1S/C15H15N3S/c1-10-5-3-4-6-12(10)11(2)18-14-13-7-8-19-15(13)17-9-16-14/h3-9,11H,1-2H3,(H,16,17,18). The second-order valence-electron chi connectivity index (χ2n) is 4.58. The summed E-state index contributed by atoms with van der Waals surface area (Å²) in [5, 5.41) is 6.62. The van der Waals surface area contributed by atoms with Crippen LogP contribution in [0.25, 0.3) is 10.2 Å². The van der Waals surface area contributed by atoms with Crippen molar-refractivity contribution in [2.75, 3.05) is 5.32 Å². The summed E-state index contributed by atoms with van der Waals surface area (Å²) in [6.45, 7) is 4.29. The quantitative estimate of drug-likeness (QED) is 0.775. The van der Waals surface area contributed by atoms with E-state index < -0.39 is 0 Å². The topological polar surface area (TPSA) is 37.8 Å². The maximum Gasteiger partial charge on any atom is 0.138 e. The molecule has 3 rings (SSSR count). The summed E-state index contributed by atoms with van der Waals surface area (Å²) < 4.78 is 0. The summed E-state index contributed by atoms with van der Waals surface area (Å²) in [5.41, 5.74) is 2.59. The number of hydrogen-bond donors (Lipinski definition) is 1. The third kappa shape index (κ3) is 2.31. The molecule has 3 aromatic rings. The summed E-state index contributed by atoms with van der Waals surface area (Å²) in [5.74, 6) is 0.905. The first kappa shape index (κ1) is 12.1. The van der Waals surface area contributed by atoms with E-state index in [1.54, 1.807) is 17.7 Å². The summed E-state index contributed by atoms with van der Waals surface area (Å²) in [6.07, 6.45) is 1.62. The van der Waals surface area contributed by atoms with E-state index in [0.29, 0.717) is 0 Å². The van der Waals surface area contributed by atoms with Crippen molar-refractivity contribution >= 4 is 27.4 Å². The number of thiophene rings is 1. The van der Waals surface area contributed by atoms with Crippen molar-refractivity contribution in [2.45, 2.75) is 19.9 Å². The molecule has 1 N–H and O–H groups in total. The number of aryl methyl sites for hydroxylation is 1. The van der Waals surface area contributed by atoms with Gasteiger partial charge in [0.05, 0.1) is 11.4 Å². The van der Waals surface area contributed by atoms with Gasteiger partial charge in [-0.2, -0.15) is 0 Å². The van der Waals surface area contributed by atoms with Crippen molar-refractivity contribution in [1.82, 2.24) is 9.97 Å². The molecule has 0 aliphatic heterocycles. The van der Waals surface area contributed by atoms with Crippen LogP contribution in [0.4, 0.5) is 5.82 Å². The smallest absolute Gasteiger partial charge is 0.138 e. The van der Waals surface area contributed by atoms with Crippen LogP contribution in [0, 0.1) is 6.92 Å². The summed E-state index contributed by atoms with van der Waals surface area (Å²) >= 11 is 1.64. The van der Waals surface area contributed by atoms with Gasteiger partial charge in [0, 0.05) is 0 Å². The third-order valence-corrected chi connectivity index (χ3v) is 4.09. The molecule has 4 heteroatoms. The predicted molar refractivity (Wildman–Crippen MR) is 80.6 cm³/mol. The van der Waals surface area contributed by atoms with Crippen LogP contribution < -0.4 is 5.32 Å². The number of hydrogen-bond acceptors (Lipinski definition) is 4. The van der Waals surface area contributed by atoms with Crippen LogP contribution in [-0.2, 0) is 0 Å². The number of fused-ring (bicyclic) bond motifs is 1. The number of anilines is 1. The van der Waals surface area contributed by atoms with Gasteiger partial charge in [0.1, 0.15) is 17.0 Å². The van der Waals surface area contributed by atoms with Gasteiger partial charge in [-0.15, -0.1) is 11.3 Å². The fraction of sp³-hybridized carbons (Fsp3) is 0.200.